The van der Waals surface area contributed by atoms with Crippen LogP contribution >= 0.6 is 28.3 Å². The van der Waals surface area contributed by atoms with Gasteiger partial charge in [-0.1, -0.05) is 28.1 Å². The Kier molecular flexibility index (Phi) is 5.42. The minimum Gasteiger partial charge on any atom is -0.478 e. The number of hydrogen-bond donors (Lipinski definition) is 1. The monoisotopic (exact) mass is 262 g/mol. The smallest absolute Gasteiger partial charge is 0.328 e. The van der Waals surface area contributed by atoms with Crippen molar-refractivity contribution in [1.82, 2.24) is 0 Å². The Morgan fingerprint density at radius 2 is 2.15 bits per heavy atom. The van der Waals surface area contributed by atoms with Gasteiger partial charge in [0.25, 0.3) is 0 Å². The summed E-state index contributed by atoms with van der Waals surface area (Å²) >= 11 is 3.29. The van der Waals surface area contributed by atoms with Crippen LogP contribution in [0.3, 0.4) is 0 Å². The van der Waals surface area contributed by atoms with Crippen molar-refractivity contribution in [3.8, 4) is 0 Å². The first-order valence-corrected chi connectivity index (χ1v) is 4.14. The van der Waals surface area contributed by atoms with Gasteiger partial charge >= 0.3 is 5.97 Å². The van der Waals surface area contributed by atoms with Crippen LogP contribution < -0.4 is 0 Å². The number of rotatable bonds is 2. The molecule has 0 saturated carbocycles. The third-order valence-corrected chi connectivity index (χ3v) is 1.76. The van der Waals surface area contributed by atoms with E-state index in [-0.39, 0.29) is 12.4 Å². The number of carboxylic acids is 1. The first-order valence-electron chi connectivity index (χ1n) is 3.35. The summed E-state index contributed by atoms with van der Waals surface area (Å²) in [5, 5.41) is 8.35. The number of carboxylic acid groups (broad SMARTS) is 1. The van der Waals surface area contributed by atoms with Crippen molar-refractivity contribution in [2.75, 3.05) is 0 Å². The second kappa shape index (κ2) is 5.78. The molecule has 1 N–H and O–H groups in total. The first kappa shape index (κ1) is 12.2. The Morgan fingerprint density at radius 1 is 1.46 bits per heavy atom. The quantitative estimate of drug-likeness (QED) is 0.833. The number of hydrogen-bond acceptors (Lipinski definition) is 1. The van der Waals surface area contributed by atoms with E-state index in [2.05, 4.69) is 15.9 Å². The van der Waals surface area contributed by atoms with E-state index in [9.17, 15) is 4.79 Å². The molecular weight excluding hydrogens is 255 g/mol. The van der Waals surface area contributed by atoms with Crippen LogP contribution in [0.2, 0.25) is 0 Å². The van der Waals surface area contributed by atoms with E-state index in [0.717, 1.165) is 16.1 Å². The van der Waals surface area contributed by atoms with Crippen LogP contribution in [0.15, 0.2) is 34.8 Å². The predicted molar refractivity (Wildman–Crippen MR) is 58.1 cm³/mol. The van der Waals surface area contributed by atoms with Gasteiger partial charge in [-0.2, -0.15) is 0 Å². The minimum absolute atomic E-state index is 0. The molecule has 0 radical (unpaired) electrons. The van der Waals surface area contributed by atoms with Gasteiger partial charge in [0.05, 0.1) is 0 Å². The van der Waals surface area contributed by atoms with Crippen LogP contribution in [0.25, 0.3) is 6.08 Å². The molecule has 2 nitrogen and oxygen atoms in total. The van der Waals surface area contributed by atoms with Crippen molar-refractivity contribution in [2.45, 2.75) is 0 Å². The molecule has 0 aromatic heterocycles. The molecule has 0 saturated heterocycles. The zero-order valence-corrected chi connectivity index (χ0v) is 9.01. The molecule has 0 spiro atoms. The molecule has 0 heterocycles. The zero-order valence-electron chi connectivity index (χ0n) is 6.61. The first-order chi connectivity index (χ1) is 5.68. The predicted octanol–water partition coefficient (Wildman–Crippen LogP) is 2.97. The van der Waals surface area contributed by atoms with E-state index >= 15 is 0 Å². The summed E-state index contributed by atoms with van der Waals surface area (Å²) in [6, 6.07) is 7.42. The van der Waals surface area contributed by atoms with Crippen LogP contribution in [0.1, 0.15) is 5.56 Å². The highest BCUT2D eigenvalue weighted by Crippen LogP contribution is 2.12. The standard InChI is InChI=1S/C9H7BrO2.ClH/c10-8-3-1-2-7(6-8)4-5-9(11)12;/h1-6H,(H,11,12);1H. The van der Waals surface area contributed by atoms with E-state index in [0.29, 0.717) is 0 Å². The third-order valence-electron chi connectivity index (χ3n) is 1.27. The van der Waals surface area contributed by atoms with Crippen LogP contribution in [0.4, 0.5) is 0 Å². The maximum Gasteiger partial charge on any atom is 0.328 e. The van der Waals surface area contributed by atoms with Gasteiger partial charge in [0, 0.05) is 10.5 Å². The van der Waals surface area contributed by atoms with Crippen molar-refractivity contribution in [1.29, 1.82) is 0 Å². The molecule has 4 heteroatoms. The normalized spacial score (nSPS) is 9.62. The fourth-order valence-corrected chi connectivity index (χ4v) is 1.19. The van der Waals surface area contributed by atoms with Crippen molar-refractivity contribution in [3.63, 3.8) is 0 Å². The summed E-state index contributed by atoms with van der Waals surface area (Å²) in [4.78, 5) is 10.2. The highest BCUT2D eigenvalue weighted by molar-refractivity contribution is 9.10. The highest BCUT2D eigenvalue weighted by atomic mass is 79.9. The lowest BCUT2D eigenvalue weighted by Gasteiger charge is -1.92. The molecular formula is C9H8BrClO2. The second-order valence-electron chi connectivity index (χ2n) is 2.23. The van der Waals surface area contributed by atoms with Crippen molar-refractivity contribution < 1.29 is 9.90 Å². The van der Waals surface area contributed by atoms with E-state index < -0.39 is 5.97 Å². The summed E-state index contributed by atoms with van der Waals surface area (Å²) in [5.74, 6) is -0.935. The van der Waals surface area contributed by atoms with Crippen molar-refractivity contribution >= 4 is 40.4 Å². The number of aliphatic carboxylic acids is 1. The number of benzene rings is 1. The molecule has 0 unspecified atom stereocenters. The molecule has 0 aliphatic rings. The molecule has 13 heavy (non-hydrogen) atoms. The summed E-state index contributed by atoms with van der Waals surface area (Å²) < 4.78 is 0.940. The van der Waals surface area contributed by atoms with Gasteiger partial charge < -0.3 is 5.11 Å². The lowest BCUT2D eigenvalue weighted by molar-refractivity contribution is -0.131. The maximum atomic E-state index is 10.2. The Hall–Kier alpha value is -0.800. The molecule has 0 aliphatic heterocycles. The lowest BCUT2D eigenvalue weighted by Crippen LogP contribution is -1.85. The van der Waals surface area contributed by atoms with Gasteiger partial charge in [-0.3, -0.25) is 0 Å². The molecule has 70 valence electrons. The lowest BCUT2D eigenvalue weighted by atomic mass is 10.2. The van der Waals surface area contributed by atoms with Gasteiger partial charge in [0.2, 0.25) is 0 Å². The Morgan fingerprint density at radius 3 is 2.69 bits per heavy atom. The molecule has 0 aliphatic carbocycles. The fourth-order valence-electron chi connectivity index (χ4n) is 0.778. The average molecular weight is 264 g/mol. The van der Waals surface area contributed by atoms with Gasteiger partial charge in [-0.05, 0) is 23.8 Å². The average Bonchev–Trinajstić information content (AvgIpc) is 2.01. The van der Waals surface area contributed by atoms with Crippen LogP contribution in [0.5, 0.6) is 0 Å². The number of halogens is 2. The van der Waals surface area contributed by atoms with Gasteiger partial charge in [-0.15, -0.1) is 12.4 Å². The minimum atomic E-state index is -0.935. The van der Waals surface area contributed by atoms with E-state index in [1.54, 1.807) is 6.08 Å². The van der Waals surface area contributed by atoms with Crippen molar-refractivity contribution in [2.24, 2.45) is 0 Å². The molecule has 0 atom stereocenters. The summed E-state index contributed by atoms with van der Waals surface area (Å²) in [5.41, 5.74) is 0.867. The molecule has 1 aromatic rings. The second-order valence-corrected chi connectivity index (χ2v) is 3.14. The van der Waals surface area contributed by atoms with Gasteiger partial charge in [0.1, 0.15) is 0 Å². The van der Waals surface area contributed by atoms with Crippen LogP contribution in [-0.2, 0) is 4.79 Å². The summed E-state index contributed by atoms with van der Waals surface area (Å²) in [7, 11) is 0. The van der Waals surface area contributed by atoms with Crippen molar-refractivity contribution in [3.05, 3.63) is 40.4 Å². The molecule has 1 rings (SSSR count). The molecule has 1 aromatic carbocycles. The molecule has 0 bridgehead atoms. The van der Waals surface area contributed by atoms with Gasteiger partial charge in [0.15, 0.2) is 0 Å². The summed E-state index contributed by atoms with van der Waals surface area (Å²) in [6.07, 6.45) is 2.66. The SMILES string of the molecule is Cl.O=C(O)C=Cc1cccc(Br)c1. The van der Waals surface area contributed by atoms with E-state index in [1.807, 2.05) is 24.3 Å². The topological polar surface area (TPSA) is 37.3 Å². The Labute approximate surface area is 90.8 Å². The third kappa shape index (κ3) is 4.70. The maximum absolute atomic E-state index is 10.2. The Balaban J connectivity index is 0.00000144. The number of carbonyl (C=O) groups is 1. The summed E-state index contributed by atoms with van der Waals surface area (Å²) in [6.45, 7) is 0. The van der Waals surface area contributed by atoms with E-state index in [4.69, 9.17) is 5.11 Å². The Bertz CT molecular complexity index is 323. The molecule has 0 amide bonds. The zero-order chi connectivity index (χ0) is 8.97. The molecule has 0 fully saturated rings. The fraction of sp³-hybridized carbons (Fsp3) is 0. The largest absolute Gasteiger partial charge is 0.478 e. The van der Waals surface area contributed by atoms with Crippen LogP contribution in [-0.4, -0.2) is 11.1 Å². The van der Waals surface area contributed by atoms with Gasteiger partial charge in [-0.25, -0.2) is 4.79 Å². The highest BCUT2D eigenvalue weighted by Gasteiger charge is 1.89. The van der Waals surface area contributed by atoms with Crippen LogP contribution in [0, 0.1) is 0 Å². The van der Waals surface area contributed by atoms with E-state index in [1.165, 1.54) is 0 Å².